The second-order valence-electron chi connectivity index (χ2n) is 3.95. The van der Waals surface area contributed by atoms with Gasteiger partial charge in [0.05, 0.1) is 17.9 Å². The molecule has 0 spiro atoms. The van der Waals surface area contributed by atoms with Gasteiger partial charge in [-0.15, -0.1) is 0 Å². The van der Waals surface area contributed by atoms with E-state index >= 15 is 0 Å². The van der Waals surface area contributed by atoms with Crippen LogP contribution in [0.5, 0.6) is 0 Å². The van der Waals surface area contributed by atoms with Crippen LogP contribution in [0.3, 0.4) is 0 Å². The van der Waals surface area contributed by atoms with Gasteiger partial charge in [-0.2, -0.15) is 0 Å². The molecule has 1 heterocycles. The summed E-state index contributed by atoms with van der Waals surface area (Å²) in [5.74, 6) is 0. The number of ether oxygens (including phenoxy) is 2. The predicted octanol–water partition coefficient (Wildman–Crippen LogP) is 1.25. The summed E-state index contributed by atoms with van der Waals surface area (Å²) in [5, 5.41) is 0. The van der Waals surface area contributed by atoms with Crippen LogP contribution in [-0.2, 0) is 15.9 Å². The van der Waals surface area contributed by atoms with Crippen LogP contribution >= 0.6 is 0 Å². The van der Waals surface area contributed by atoms with Crippen molar-refractivity contribution < 1.29 is 9.47 Å². The number of rotatable bonds is 4. The Bertz CT molecular complexity index is 364. The van der Waals surface area contributed by atoms with Gasteiger partial charge in [-0.1, -0.05) is 12.1 Å². The molecule has 0 aromatic heterocycles. The summed E-state index contributed by atoms with van der Waals surface area (Å²) in [6, 6.07) is 6.06. The smallest absolute Gasteiger partial charge is 0.174 e. The Morgan fingerprint density at radius 3 is 2.81 bits per heavy atom. The Morgan fingerprint density at radius 2 is 2.12 bits per heavy atom. The van der Waals surface area contributed by atoms with E-state index in [0.717, 1.165) is 24.3 Å². The molecule has 0 atom stereocenters. The highest BCUT2D eigenvalue weighted by Crippen LogP contribution is 2.33. The van der Waals surface area contributed by atoms with Gasteiger partial charge in [0.25, 0.3) is 0 Å². The minimum absolute atomic E-state index is 0.203. The first kappa shape index (κ1) is 11.2. The molecule has 0 fully saturated rings. The molecule has 0 radical (unpaired) electrons. The third kappa shape index (κ3) is 1.99. The van der Waals surface area contributed by atoms with Gasteiger partial charge in [0, 0.05) is 20.8 Å². The minimum atomic E-state index is -0.203. The van der Waals surface area contributed by atoms with Crippen LogP contribution < -0.4 is 10.6 Å². The molecule has 0 amide bonds. The maximum atomic E-state index is 6.00. The number of nitrogen functional groups attached to an aromatic ring is 1. The van der Waals surface area contributed by atoms with Crippen LogP contribution in [0, 0.1) is 0 Å². The first-order chi connectivity index (χ1) is 7.76. The zero-order chi connectivity index (χ0) is 11.5. The number of nitrogens with two attached hydrogens (primary N) is 1. The van der Waals surface area contributed by atoms with E-state index in [0.29, 0.717) is 6.54 Å². The summed E-state index contributed by atoms with van der Waals surface area (Å²) in [7, 11) is 3.30. The Morgan fingerprint density at radius 1 is 1.38 bits per heavy atom. The zero-order valence-corrected chi connectivity index (χ0v) is 9.77. The van der Waals surface area contributed by atoms with E-state index < -0.39 is 0 Å². The number of benzene rings is 1. The predicted molar refractivity (Wildman–Crippen MR) is 64.6 cm³/mol. The summed E-state index contributed by atoms with van der Waals surface area (Å²) in [6.45, 7) is 1.70. The molecule has 4 heteroatoms. The average molecular weight is 222 g/mol. The molecule has 4 nitrogen and oxygen atoms in total. The number of anilines is 2. The van der Waals surface area contributed by atoms with E-state index in [4.69, 9.17) is 15.2 Å². The Balaban J connectivity index is 2.16. The third-order valence-electron chi connectivity index (χ3n) is 3.01. The number of hydrogen-bond donors (Lipinski definition) is 1. The normalized spacial score (nSPS) is 14.6. The second-order valence-corrected chi connectivity index (χ2v) is 3.95. The molecule has 0 bridgehead atoms. The van der Waals surface area contributed by atoms with Gasteiger partial charge in [-0.3, -0.25) is 0 Å². The Kier molecular flexibility index (Phi) is 3.31. The van der Waals surface area contributed by atoms with Crippen LogP contribution in [0.15, 0.2) is 18.2 Å². The van der Waals surface area contributed by atoms with Gasteiger partial charge in [0.15, 0.2) is 6.29 Å². The summed E-state index contributed by atoms with van der Waals surface area (Å²) >= 11 is 0. The quantitative estimate of drug-likeness (QED) is 0.615. The van der Waals surface area contributed by atoms with Crippen molar-refractivity contribution in [2.45, 2.75) is 12.7 Å². The number of hydrogen-bond acceptors (Lipinski definition) is 4. The molecule has 1 aromatic carbocycles. The molecule has 2 rings (SSSR count). The van der Waals surface area contributed by atoms with Crippen molar-refractivity contribution >= 4 is 11.4 Å². The standard InChI is InChI=1S/C12H18N2O2/c1-15-11(16-2)8-14-7-6-9-4-3-5-10(13)12(9)14/h3-5,11H,6-8,13H2,1-2H3. The third-order valence-corrected chi connectivity index (χ3v) is 3.01. The fourth-order valence-corrected chi connectivity index (χ4v) is 2.17. The van der Waals surface area contributed by atoms with Crippen LogP contribution in [0.1, 0.15) is 5.56 Å². The SMILES string of the molecule is COC(CN1CCc2cccc(N)c21)OC. The van der Waals surface area contributed by atoms with Crippen LogP contribution in [0.25, 0.3) is 0 Å². The van der Waals surface area contributed by atoms with Crippen LogP contribution in [0.4, 0.5) is 11.4 Å². The Labute approximate surface area is 95.9 Å². The molecular weight excluding hydrogens is 204 g/mol. The molecular formula is C12H18N2O2. The highest BCUT2D eigenvalue weighted by molar-refractivity contribution is 5.74. The van der Waals surface area contributed by atoms with E-state index in [1.165, 1.54) is 5.56 Å². The molecule has 1 aromatic rings. The topological polar surface area (TPSA) is 47.7 Å². The minimum Gasteiger partial charge on any atom is -0.397 e. The molecule has 0 unspecified atom stereocenters. The lowest BCUT2D eigenvalue weighted by Crippen LogP contribution is -2.33. The fourth-order valence-electron chi connectivity index (χ4n) is 2.17. The lowest BCUT2D eigenvalue weighted by Gasteiger charge is -2.25. The van der Waals surface area contributed by atoms with Crippen LogP contribution in [-0.4, -0.2) is 33.6 Å². The zero-order valence-electron chi connectivity index (χ0n) is 9.77. The monoisotopic (exact) mass is 222 g/mol. The number of nitrogens with zero attached hydrogens (tertiary/aromatic N) is 1. The molecule has 0 saturated carbocycles. The van der Waals surface area contributed by atoms with E-state index in [9.17, 15) is 0 Å². The van der Waals surface area contributed by atoms with Crippen molar-refractivity contribution in [3.05, 3.63) is 23.8 Å². The van der Waals surface area contributed by atoms with Crippen molar-refractivity contribution in [2.24, 2.45) is 0 Å². The summed E-state index contributed by atoms with van der Waals surface area (Å²) in [5.41, 5.74) is 9.28. The van der Waals surface area contributed by atoms with E-state index in [1.54, 1.807) is 14.2 Å². The summed E-state index contributed by atoms with van der Waals surface area (Å²) in [6.07, 6.45) is 0.839. The van der Waals surface area contributed by atoms with Gasteiger partial charge < -0.3 is 20.1 Å². The second kappa shape index (κ2) is 4.72. The van der Waals surface area contributed by atoms with Crippen molar-refractivity contribution in [1.82, 2.24) is 0 Å². The Hall–Kier alpha value is -1.26. The van der Waals surface area contributed by atoms with Gasteiger partial charge in [0.2, 0.25) is 0 Å². The summed E-state index contributed by atoms with van der Waals surface area (Å²) < 4.78 is 10.4. The molecule has 2 N–H and O–H groups in total. The van der Waals surface area contributed by atoms with Gasteiger partial charge >= 0.3 is 0 Å². The number of methoxy groups -OCH3 is 2. The van der Waals surface area contributed by atoms with Gasteiger partial charge in [-0.25, -0.2) is 0 Å². The molecule has 1 aliphatic rings. The van der Waals surface area contributed by atoms with Gasteiger partial charge in [0.1, 0.15) is 0 Å². The number of para-hydroxylation sites is 1. The lowest BCUT2D eigenvalue weighted by atomic mass is 10.1. The largest absolute Gasteiger partial charge is 0.397 e. The van der Waals surface area contributed by atoms with E-state index in [1.807, 2.05) is 12.1 Å². The van der Waals surface area contributed by atoms with Crippen molar-refractivity contribution in [1.29, 1.82) is 0 Å². The average Bonchev–Trinajstić information content (AvgIpc) is 2.70. The fraction of sp³-hybridized carbons (Fsp3) is 0.500. The molecule has 88 valence electrons. The molecule has 0 aliphatic carbocycles. The summed E-state index contributed by atoms with van der Waals surface area (Å²) in [4.78, 5) is 2.22. The number of fused-ring (bicyclic) bond motifs is 1. The molecule has 1 aliphatic heterocycles. The first-order valence-electron chi connectivity index (χ1n) is 5.44. The van der Waals surface area contributed by atoms with Crippen molar-refractivity contribution in [3.8, 4) is 0 Å². The maximum absolute atomic E-state index is 6.00. The first-order valence-corrected chi connectivity index (χ1v) is 5.44. The van der Waals surface area contributed by atoms with Crippen molar-refractivity contribution in [3.63, 3.8) is 0 Å². The highest BCUT2D eigenvalue weighted by atomic mass is 16.7. The lowest BCUT2D eigenvalue weighted by molar-refractivity contribution is -0.0947. The van der Waals surface area contributed by atoms with Crippen LogP contribution in [0.2, 0.25) is 0 Å². The maximum Gasteiger partial charge on any atom is 0.174 e. The van der Waals surface area contributed by atoms with E-state index in [-0.39, 0.29) is 6.29 Å². The molecule has 16 heavy (non-hydrogen) atoms. The van der Waals surface area contributed by atoms with E-state index in [2.05, 4.69) is 11.0 Å². The highest BCUT2D eigenvalue weighted by Gasteiger charge is 2.23. The van der Waals surface area contributed by atoms with Crippen molar-refractivity contribution in [2.75, 3.05) is 37.9 Å². The van der Waals surface area contributed by atoms with Gasteiger partial charge in [-0.05, 0) is 18.1 Å². The molecule has 0 saturated heterocycles.